The molecule has 0 spiro atoms. The summed E-state index contributed by atoms with van der Waals surface area (Å²) in [5.74, 6) is 0.0503. The highest BCUT2D eigenvalue weighted by atomic mass is 32.1. The van der Waals surface area contributed by atoms with E-state index in [4.69, 9.17) is 9.15 Å². The summed E-state index contributed by atoms with van der Waals surface area (Å²) in [5, 5.41) is 12.9. The van der Waals surface area contributed by atoms with Crippen molar-refractivity contribution in [1.29, 1.82) is 5.26 Å². The van der Waals surface area contributed by atoms with Gasteiger partial charge in [0.25, 0.3) is 0 Å². The van der Waals surface area contributed by atoms with E-state index >= 15 is 0 Å². The molecule has 1 N–H and O–H groups in total. The van der Waals surface area contributed by atoms with E-state index in [1.807, 2.05) is 13.8 Å². The molecule has 0 saturated carbocycles. The van der Waals surface area contributed by atoms with Crippen LogP contribution in [0.4, 0.5) is 9.80 Å². The SMILES string of the molecule is CC(C)CN(C)C(=O)OC1CCc2c(sc(NC(=O)C=Cc3ccoc3)c2C#N)C1. The standard InChI is InChI=1S/C22H25N3O4S/c1-14(2)12-25(3)22(27)29-16-5-6-17-18(11-23)21(30-19(17)10-16)24-20(26)7-4-15-8-9-28-13-15/h4,7-9,13-14,16H,5-6,10,12H2,1-3H3,(H,24,26). The lowest BCUT2D eigenvalue weighted by atomic mass is 9.94. The lowest BCUT2D eigenvalue weighted by molar-refractivity contribution is -0.111. The van der Waals surface area contributed by atoms with Gasteiger partial charge in [0.15, 0.2) is 0 Å². The second-order valence-corrected chi connectivity index (χ2v) is 8.83. The number of ether oxygens (including phenoxy) is 1. The Labute approximate surface area is 179 Å². The highest BCUT2D eigenvalue weighted by molar-refractivity contribution is 7.16. The molecule has 0 aromatic carbocycles. The van der Waals surface area contributed by atoms with Crippen LogP contribution >= 0.6 is 11.3 Å². The van der Waals surface area contributed by atoms with Crippen LogP contribution in [0.25, 0.3) is 6.08 Å². The van der Waals surface area contributed by atoms with Gasteiger partial charge in [0.1, 0.15) is 17.2 Å². The van der Waals surface area contributed by atoms with Crippen molar-refractivity contribution in [2.45, 2.75) is 39.2 Å². The second-order valence-electron chi connectivity index (χ2n) is 7.72. The number of carbonyl (C=O) groups is 2. The van der Waals surface area contributed by atoms with Gasteiger partial charge in [-0.1, -0.05) is 13.8 Å². The summed E-state index contributed by atoms with van der Waals surface area (Å²) >= 11 is 1.38. The predicted octanol–water partition coefficient (Wildman–Crippen LogP) is 4.45. The third-order valence-electron chi connectivity index (χ3n) is 4.76. The molecule has 1 atom stereocenters. The summed E-state index contributed by atoms with van der Waals surface area (Å²) < 4.78 is 10.6. The topological polar surface area (TPSA) is 95.6 Å². The average molecular weight is 428 g/mol. The van der Waals surface area contributed by atoms with E-state index in [1.165, 1.54) is 29.9 Å². The van der Waals surface area contributed by atoms with Crippen LogP contribution in [0.2, 0.25) is 0 Å². The zero-order valence-corrected chi connectivity index (χ0v) is 18.1. The quantitative estimate of drug-likeness (QED) is 0.687. The number of amides is 2. The van der Waals surface area contributed by atoms with Crippen LogP contribution < -0.4 is 5.32 Å². The van der Waals surface area contributed by atoms with Crippen molar-refractivity contribution < 1.29 is 18.7 Å². The third-order valence-corrected chi connectivity index (χ3v) is 5.93. The van der Waals surface area contributed by atoms with E-state index in [2.05, 4.69) is 11.4 Å². The maximum Gasteiger partial charge on any atom is 0.409 e. The van der Waals surface area contributed by atoms with Gasteiger partial charge in [0.2, 0.25) is 5.91 Å². The Morgan fingerprint density at radius 3 is 2.97 bits per heavy atom. The summed E-state index contributed by atoms with van der Waals surface area (Å²) in [5.41, 5.74) is 2.23. The lowest BCUT2D eigenvalue weighted by Gasteiger charge is -2.26. The number of nitrogens with one attached hydrogen (secondary N) is 1. The van der Waals surface area contributed by atoms with Gasteiger partial charge in [-0.05, 0) is 36.5 Å². The fraction of sp³-hybridized carbons (Fsp3) is 0.409. The Morgan fingerprint density at radius 2 is 2.30 bits per heavy atom. The first kappa shape index (κ1) is 21.7. The zero-order chi connectivity index (χ0) is 21.7. The minimum Gasteiger partial charge on any atom is -0.472 e. The Balaban J connectivity index is 1.66. The van der Waals surface area contributed by atoms with Crippen molar-refractivity contribution in [2.24, 2.45) is 5.92 Å². The molecule has 0 aliphatic heterocycles. The lowest BCUT2D eigenvalue weighted by Crippen LogP contribution is -2.35. The minimum absolute atomic E-state index is 0.227. The monoisotopic (exact) mass is 427 g/mol. The summed E-state index contributed by atoms with van der Waals surface area (Å²) in [6.45, 7) is 4.73. The highest BCUT2D eigenvalue weighted by Crippen LogP contribution is 2.38. The Kier molecular flexibility index (Phi) is 6.95. The molecule has 1 aliphatic rings. The van der Waals surface area contributed by atoms with E-state index in [9.17, 15) is 14.9 Å². The van der Waals surface area contributed by atoms with Gasteiger partial charge < -0.3 is 19.4 Å². The van der Waals surface area contributed by atoms with Crippen LogP contribution in [0.1, 0.15) is 41.8 Å². The van der Waals surface area contributed by atoms with Crippen LogP contribution in [-0.4, -0.2) is 36.6 Å². The molecule has 30 heavy (non-hydrogen) atoms. The van der Waals surface area contributed by atoms with Crippen LogP contribution in [0, 0.1) is 17.2 Å². The Bertz CT molecular complexity index is 969. The average Bonchev–Trinajstić information content (AvgIpc) is 3.32. The van der Waals surface area contributed by atoms with Gasteiger partial charge in [0, 0.05) is 36.5 Å². The molecule has 2 aromatic heterocycles. The van der Waals surface area contributed by atoms with Crippen molar-refractivity contribution in [2.75, 3.05) is 18.9 Å². The van der Waals surface area contributed by atoms with E-state index in [0.29, 0.717) is 42.3 Å². The number of carbonyl (C=O) groups excluding carboxylic acids is 2. The fourth-order valence-corrected chi connectivity index (χ4v) is 4.68. The van der Waals surface area contributed by atoms with Crippen molar-refractivity contribution in [3.05, 3.63) is 46.2 Å². The van der Waals surface area contributed by atoms with Crippen LogP contribution in [0.3, 0.4) is 0 Å². The van der Waals surface area contributed by atoms with Crippen LogP contribution in [0.5, 0.6) is 0 Å². The van der Waals surface area contributed by atoms with Crippen molar-refractivity contribution in [1.82, 2.24) is 4.90 Å². The van der Waals surface area contributed by atoms with Crippen molar-refractivity contribution in [3.8, 4) is 6.07 Å². The van der Waals surface area contributed by atoms with Gasteiger partial charge >= 0.3 is 6.09 Å². The summed E-state index contributed by atoms with van der Waals surface area (Å²) in [6.07, 6.45) is 7.41. The predicted molar refractivity (Wildman–Crippen MR) is 115 cm³/mol. The van der Waals surface area contributed by atoms with E-state index in [-0.39, 0.29) is 18.1 Å². The molecule has 2 heterocycles. The number of rotatable bonds is 6. The fourth-order valence-electron chi connectivity index (χ4n) is 3.41. The highest BCUT2D eigenvalue weighted by Gasteiger charge is 2.29. The van der Waals surface area contributed by atoms with Gasteiger partial charge in [-0.3, -0.25) is 4.79 Å². The van der Waals surface area contributed by atoms with E-state index in [0.717, 1.165) is 16.0 Å². The smallest absolute Gasteiger partial charge is 0.409 e. The maximum absolute atomic E-state index is 12.3. The Morgan fingerprint density at radius 1 is 1.50 bits per heavy atom. The third kappa shape index (κ3) is 5.30. The van der Waals surface area contributed by atoms with E-state index in [1.54, 1.807) is 24.1 Å². The minimum atomic E-state index is -0.327. The zero-order valence-electron chi connectivity index (χ0n) is 17.3. The molecule has 3 rings (SSSR count). The molecule has 1 aliphatic carbocycles. The van der Waals surface area contributed by atoms with Gasteiger partial charge in [-0.15, -0.1) is 11.3 Å². The largest absolute Gasteiger partial charge is 0.472 e. The van der Waals surface area contributed by atoms with Crippen molar-refractivity contribution >= 4 is 34.4 Å². The molecule has 1 unspecified atom stereocenters. The molecule has 2 amide bonds. The molecular weight excluding hydrogens is 402 g/mol. The summed E-state index contributed by atoms with van der Waals surface area (Å²) in [4.78, 5) is 27.1. The normalized spacial score (nSPS) is 15.6. The molecule has 2 aromatic rings. The Hall–Kier alpha value is -3.05. The number of hydrogen-bond donors (Lipinski definition) is 1. The number of anilines is 1. The first-order chi connectivity index (χ1) is 14.4. The number of thiophene rings is 1. The molecular formula is C22H25N3O4S. The first-order valence-corrected chi connectivity index (χ1v) is 10.7. The van der Waals surface area contributed by atoms with E-state index < -0.39 is 0 Å². The number of nitriles is 1. The molecule has 0 fully saturated rings. The van der Waals surface area contributed by atoms with Crippen molar-refractivity contribution in [3.63, 3.8) is 0 Å². The number of nitrogens with zero attached hydrogens (tertiary/aromatic N) is 2. The molecule has 158 valence electrons. The molecule has 8 heteroatoms. The summed E-state index contributed by atoms with van der Waals surface area (Å²) in [6, 6.07) is 3.96. The van der Waals surface area contributed by atoms with Crippen LogP contribution in [0.15, 0.2) is 29.1 Å². The molecule has 0 saturated heterocycles. The summed E-state index contributed by atoms with van der Waals surface area (Å²) in [7, 11) is 1.74. The number of furan rings is 1. The van der Waals surface area contributed by atoms with Gasteiger partial charge in [-0.25, -0.2) is 4.79 Å². The first-order valence-electron chi connectivity index (χ1n) is 9.85. The molecule has 0 bridgehead atoms. The number of fused-ring (bicyclic) bond motifs is 1. The molecule has 7 nitrogen and oxygen atoms in total. The second kappa shape index (κ2) is 9.63. The van der Waals surface area contributed by atoms with Crippen LogP contribution in [-0.2, 0) is 22.4 Å². The number of hydrogen-bond acceptors (Lipinski definition) is 6. The van der Waals surface area contributed by atoms with Gasteiger partial charge in [-0.2, -0.15) is 5.26 Å². The van der Waals surface area contributed by atoms with Gasteiger partial charge in [0.05, 0.1) is 18.1 Å². The maximum atomic E-state index is 12.3. The molecule has 0 radical (unpaired) electrons.